The predicted molar refractivity (Wildman–Crippen MR) is 77.5 cm³/mol. The van der Waals surface area contributed by atoms with Crippen molar-refractivity contribution in [2.75, 3.05) is 25.1 Å². The Morgan fingerprint density at radius 2 is 2.12 bits per heavy atom. The van der Waals surface area contributed by atoms with Gasteiger partial charge < -0.3 is 10.6 Å². The van der Waals surface area contributed by atoms with Crippen molar-refractivity contribution in [2.45, 2.75) is 51.1 Å². The van der Waals surface area contributed by atoms with Gasteiger partial charge in [0.25, 0.3) is 0 Å². The molecule has 1 saturated heterocycles. The molecule has 2 aliphatic rings. The lowest BCUT2D eigenvalue weighted by Gasteiger charge is -2.37. The summed E-state index contributed by atoms with van der Waals surface area (Å²) in [7, 11) is 2.30. The van der Waals surface area contributed by atoms with E-state index >= 15 is 0 Å². The molecule has 1 aliphatic carbocycles. The number of hydrogen-bond acceptors (Lipinski definition) is 3. The molecule has 1 saturated carbocycles. The van der Waals surface area contributed by atoms with Crippen LogP contribution in [0.25, 0.3) is 0 Å². The summed E-state index contributed by atoms with van der Waals surface area (Å²) in [5.41, 5.74) is 6.31. The summed E-state index contributed by atoms with van der Waals surface area (Å²) in [5, 5.41) is 0. The fourth-order valence-corrected chi connectivity index (χ4v) is 4.65. The molecule has 2 fully saturated rings. The SMILES string of the molecule is CCC1CCC(N)C(CN(C)C2CCSC2)C1. The van der Waals surface area contributed by atoms with E-state index in [1.165, 1.54) is 50.2 Å². The van der Waals surface area contributed by atoms with Crippen LogP contribution in [-0.2, 0) is 0 Å². The maximum absolute atomic E-state index is 6.31. The zero-order valence-electron chi connectivity index (χ0n) is 11.4. The lowest BCUT2D eigenvalue weighted by Crippen LogP contribution is -2.44. The summed E-state index contributed by atoms with van der Waals surface area (Å²) in [6.45, 7) is 3.55. The molecule has 4 atom stereocenters. The van der Waals surface area contributed by atoms with E-state index in [1.54, 1.807) is 0 Å². The van der Waals surface area contributed by atoms with Crippen molar-refractivity contribution in [3.05, 3.63) is 0 Å². The lowest BCUT2D eigenvalue weighted by molar-refractivity contribution is 0.150. The van der Waals surface area contributed by atoms with Crippen molar-refractivity contribution in [1.82, 2.24) is 4.90 Å². The summed E-state index contributed by atoms with van der Waals surface area (Å²) < 4.78 is 0. The molecule has 0 radical (unpaired) electrons. The predicted octanol–water partition coefficient (Wildman–Crippen LogP) is 2.58. The molecule has 2 nitrogen and oxygen atoms in total. The molecule has 3 heteroatoms. The molecule has 0 spiro atoms. The highest BCUT2D eigenvalue weighted by atomic mass is 32.2. The van der Waals surface area contributed by atoms with Crippen LogP contribution in [0.1, 0.15) is 39.0 Å². The van der Waals surface area contributed by atoms with E-state index in [9.17, 15) is 0 Å². The molecular formula is C14H28N2S. The number of hydrogen-bond donors (Lipinski definition) is 1. The van der Waals surface area contributed by atoms with E-state index in [1.807, 2.05) is 0 Å². The van der Waals surface area contributed by atoms with Gasteiger partial charge in [-0.3, -0.25) is 0 Å². The van der Waals surface area contributed by atoms with Gasteiger partial charge in [0.2, 0.25) is 0 Å². The number of nitrogens with zero attached hydrogens (tertiary/aromatic N) is 1. The van der Waals surface area contributed by atoms with Crippen LogP contribution in [0.4, 0.5) is 0 Å². The minimum atomic E-state index is 0.453. The molecule has 2 rings (SSSR count). The number of thioether (sulfide) groups is 1. The quantitative estimate of drug-likeness (QED) is 0.838. The molecule has 17 heavy (non-hydrogen) atoms. The second-order valence-electron chi connectivity index (χ2n) is 5.97. The van der Waals surface area contributed by atoms with Gasteiger partial charge in [0.1, 0.15) is 0 Å². The molecular weight excluding hydrogens is 228 g/mol. The summed E-state index contributed by atoms with van der Waals surface area (Å²) in [6, 6.07) is 1.27. The van der Waals surface area contributed by atoms with Gasteiger partial charge in [-0.15, -0.1) is 0 Å². The molecule has 4 unspecified atom stereocenters. The normalized spacial score (nSPS) is 38.8. The Morgan fingerprint density at radius 3 is 2.76 bits per heavy atom. The van der Waals surface area contributed by atoms with Crippen LogP contribution in [0.2, 0.25) is 0 Å². The topological polar surface area (TPSA) is 29.3 Å². The van der Waals surface area contributed by atoms with Crippen LogP contribution >= 0.6 is 11.8 Å². The fourth-order valence-electron chi connectivity index (χ4n) is 3.35. The smallest absolute Gasteiger partial charge is 0.0191 e. The van der Waals surface area contributed by atoms with Crippen molar-refractivity contribution >= 4 is 11.8 Å². The van der Waals surface area contributed by atoms with Crippen LogP contribution in [0.15, 0.2) is 0 Å². The first-order chi connectivity index (χ1) is 8.20. The average Bonchev–Trinajstić information content (AvgIpc) is 2.85. The summed E-state index contributed by atoms with van der Waals surface area (Å²) in [4.78, 5) is 2.59. The van der Waals surface area contributed by atoms with Crippen LogP contribution in [0.3, 0.4) is 0 Å². The van der Waals surface area contributed by atoms with E-state index in [2.05, 4.69) is 30.6 Å². The Balaban J connectivity index is 1.82. The molecule has 0 aromatic carbocycles. The van der Waals surface area contributed by atoms with Crippen molar-refractivity contribution in [3.63, 3.8) is 0 Å². The largest absolute Gasteiger partial charge is 0.327 e. The first-order valence-corrected chi connectivity index (χ1v) is 8.39. The van der Waals surface area contributed by atoms with Gasteiger partial charge in [-0.1, -0.05) is 13.3 Å². The van der Waals surface area contributed by atoms with Crippen molar-refractivity contribution < 1.29 is 0 Å². The Bertz CT molecular complexity index is 228. The molecule has 0 aromatic heterocycles. The number of nitrogens with two attached hydrogens (primary N) is 1. The Morgan fingerprint density at radius 1 is 1.29 bits per heavy atom. The molecule has 0 aromatic rings. The maximum atomic E-state index is 6.31. The minimum absolute atomic E-state index is 0.453. The van der Waals surface area contributed by atoms with E-state index in [0.717, 1.165) is 17.9 Å². The zero-order valence-corrected chi connectivity index (χ0v) is 12.2. The molecule has 1 aliphatic heterocycles. The first-order valence-electron chi connectivity index (χ1n) is 7.24. The second kappa shape index (κ2) is 6.44. The number of rotatable bonds is 4. The summed E-state index contributed by atoms with van der Waals surface area (Å²) in [5.74, 6) is 4.36. The third-order valence-corrected chi connectivity index (χ3v) is 5.92. The van der Waals surface area contributed by atoms with Crippen molar-refractivity contribution in [1.29, 1.82) is 0 Å². The van der Waals surface area contributed by atoms with Crippen molar-refractivity contribution in [2.24, 2.45) is 17.6 Å². The monoisotopic (exact) mass is 256 g/mol. The zero-order chi connectivity index (χ0) is 12.3. The van der Waals surface area contributed by atoms with Crippen molar-refractivity contribution in [3.8, 4) is 0 Å². The van der Waals surface area contributed by atoms with E-state index in [-0.39, 0.29) is 0 Å². The van der Waals surface area contributed by atoms with Gasteiger partial charge in [-0.05, 0) is 50.3 Å². The van der Waals surface area contributed by atoms with Crippen LogP contribution < -0.4 is 5.73 Å². The second-order valence-corrected chi connectivity index (χ2v) is 7.12. The van der Waals surface area contributed by atoms with E-state index in [0.29, 0.717) is 6.04 Å². The third-order valence-electron chi connectivity index (χ3n) is 4.78. The van der Waals surface area contributed by atoms with Gasteiger partial charge in [0, 0.05) is 24.4 Å². The lowest BCUT2D eigenvalue weighted by atomic mass is 9.77. The standard InChI is InChI=1S/C14H28N2S/c1-3-11-4-5-14(15)12(8-11)9-16(2)13-6-7-17-10-13/h11-14H,3-10,15H2,1-2H3. The highest BCUT2D eigenvalue weighted by molar-refractivity contribution is 7.99. The van der Waals surface area contributed by atoms with Gasteiger partial charge in [0.05, 0.1) is 0 Å². The average molecular weight is 256 g/mol. The molecule has 0 bridgehead atoms. The molecule has 0 amide bonds. The Hall–Kier alpha value is 0.270. The van der Waals surface area contributed by atoms with E-state index < -0.39 is 0 Å². The maximum Gasteiger partial charge on any atom is 0.0191 e. The molecule has 2 N–H and O–H groups in total. The Labute approximate surface area is 111 Å². The highest BCUT2D eigenvalue weighted by Gasteiger charge is 2.30. The molecule has 100 valence electrons. The van der Waals surface area contributed by atoms with Gasteiger partial charge in [-0.25, -0.2) is 0 Å². The first kappa shape index (κ1) is 13.7. The van der Waals surface area contributed by atoms with Gasteiger partial charge in [-0.2, -0.15) is 11.8 Å². The summed E-state index contributed by atoms with van der Waals surface area (Å²) >= 11 is 2.11. The third kappa shape index (κ3) is 3.62. The van der Waals surface area contributed by atoms with E-state index in [4.69, 9.17) is 5.73 Å². The van der Waals surface area contributed by atoms with Gasteiger partial charge >= 0.3 is 0 Å². The summed E-state index contributed by atoms with van der Waals surface area (Å²) in [6.07, 6.45) is 6.68. The Kier molecular flexibility index (Phi) is 5.19. The van der Waals surface area contributed by atoms with Crippen LogP contribution in [0.5, 0.6) is 0 Å². The van der Waals surface area contributed by atoms with Gasteiger partial charge in [0.15, 0.2) is 0 Å². The van der Waals surface area contributed by atoms with Crippen LogP contribution in [0, 0.1) is 11.8 Å². The van der Waals surface area contributed by atoms with Crippen LogP contribution in [-0.4, -0.2) is 42.1 Å². The molecule has 1 heterocycles. The highest BCUT2D eigenvalue weighted by Crippen LogP contribution is 2.32. The minimum Gasteiger partial charge on any atom is -0.327 e. The fraction of sp³-hybridized carbons (Fsp3) is 1.00.